The van der Waals surface area contributed by atoms with Gasteiger partial charge in [-0.2, -0.15) is 0 Å². The Bertz CT molecular complexity index is 1340. The molecule has 0 radical (unpaired) electrons. The number of hydrogen-bond donors (Lipinski definition) is 0. The molecule has 0 aromatic heterocycles. The summed E-state index contributed by atoms with van der Waals surface area (Å²) in [4.78, 5) is 48.8. The van der Waals surface area contributed by atoms with E-state index >= 15 is 0 Å². The fraction of sp³-hybridized carbons (Fsp3) is 0.531. The Balaban J connectivity index is 1.14. The number of piperidine rings is 1. The summed E-state index contributed by atoms with van der Waals surface area (Å²) >= 11 is 0. The number of ether oxygens (including phenoxy) is 2. The monoisotopic (exact) mass is 560 g/mol. The average molecular weight is 561 g/mol. The number of fused-ring (bicyclic) bond motifs is 1. The van der Waals surface area contributed by atoms with E-state index in [0.717, 1.165) is 49.6 Å². The molecular weight excluding hydrogens is 520 g/mol. The van der Waals surface area contributed by atoms with E-state index < -0.39 is 0 Å². The van der Waals surface area contributed by atoms with Gasteiger partial charge in [-0.05, 0) is 63.8 Å². The number of carbonyl (C=O) groups is 3. The first-order valence-electron chi connectivity index (χ1n) is 14.8. The molecule has 0 unspecified atom stereocenters. The average Bonchev–Trinajstić information content (AvgIpc) is 3.25. The highest BCUT2D eigenvalue weighted by Crippen LogP contribution is 2.38. The molecule has 2 aromatic rings. The molecule has 218 valence electrons. The maximum Gasteiger partial charge on any atom is 0.263 e. The van der Waals surface area contributed by atoms with Crippen LogP contribution in [0, 0.1) is 5.92 Å². The van der Waals surface area contributed by atoms with Gasteiger partial charge in [0.25, 0.3) is 11.8 Å². The van der Waals surface area contributed by atoms with Gasteiger partial charge in [-0.15, -0.1) is 0 Å². The van der Waals surface area contributed by atoms with E-state index in [1.165, 1.54) is 4.90 Å². The van der Waals surface area contributed by atoms with Crippen LogP contribution in [0.1, 0.15) is 60.2 Å². The zero-order chi connectivity index (χ0) is 28.7. The van der Waals surface area contributed by atoms with Crippen molar-refractivity contribution in [3.05, 3.63) is 53.6 Å². The molecule has 2 aromatic carbocycles. The molecule has 2 atom stereocenters. The Labute approximate surface area is 242 Å². The number of methoxy groups -OCH3 is 1. The molecule has 9 nitrogen and oxygen atoms in total. The van der Waals surface area contributed by atoms with Crippen LogP contribution in [0.25, 0.3) is 0 Å². The second-order valence-corrected chi connectivity index (χ2v) is 12.2. The molecule has 4 heterocycles. The summed E-state index contributed by atoms with van der Waals surface area (Å²) in [7, 11) is 1.67. The molecule has 0 aliphatic carbocycles. The quantitative estimate of drug-likeness (QED) is 0.515. The summed E-state index contributed by atoms with van der Waals surface area (Å²) in [5.74, 6) is 0.442. The van der Waals surface area contributed by atoms with Crippen molar-refractivity contribution in [2.24, 2.45) is 5.92 Å². The molecular formula is C32H40N4O5. The van der Waals surface area contributed by atoms with Gasteiger partial charge >= 0.3 is 0 Å². The minimum Gasteiger partial charge on any atom is -0.497 e. The van der Waals surface area contributed by atoms with Crippen molar-refractivity contribution in [3.63, 3.8) is 0 Å². The molecule has 0 spiro atoms. The number of anilines is 2. The minimum atomic E-state index is -0.374. The van der Waals surface area contributed by atoms with Gasteiger partial charge in [-0.1, -0.05) is 12.1 Å². The predicted octanol–water partition coefficient (Wildman–Crippen LogP) is 3.81. The molecule has 4 aliphatic heterocycles. The lowest BCUT2D eigenvalue weighted by Gasteiger charge is -2.40. The van der Waals surface area contributed by atoms with Crippen LogP contribution in [0.5, 0.6) is 5.75 Å². The lowest BCUT2D eigenvalue weighted by molar-refractivity contribution is -0.136. The Morgan fingerprint density at radius 3 is 2.49 bits per heavy atom. The Hall–Kier alpha value is -3.59. The second kappa shape index (κ2) is 11.0. The minimum absolute atomic E-state index is 0.137. The molecule has 3 fully saturated rings. The van der Waals surface area contributed by atoms with E-state index in [1.54, 1.807) is 13.2 Å². The Morgan fingerprint density at radius 2 is 1.73 bits per heavy atom. The standard InChI is InChI=1S/C32H40N4O5/c1-32(2)20-24(12-18-41-32)36-30(38)26-10-5-11-27(28(26)31(36)39)35-13-6-7-22(21-35)29(37)34-16-14-33(15-17-34)23-8-4-9-25(19-23)40-3/h4-5,8-11,19,22,24H,6-7,12-18,20-21H2,1-3H3/t22-,24+/m1/s1. The third-order valence-corrected chi connectivity index (χ3v) is 9.08. The van der Waals surface area contributed by atoms with Crippen LogP contribution in [0.2, 0.25) is 0 Å². The fourth-order valence-corrected chi connectivity index (χ4v) is 6.95. The molecule has 3 saturated heterocycles. The fourth-order valence-electron chi connectivity index (χ4n) is 6.95. The number of amides is 3. The van der Waals surface area contributed by atoms with Crippen molar-refractivity contribution in [1.82, 2.24) is 9.80 Å². The second-order valence-electron chi connectivity index (χ2n) is 12.2. The van der Waals surface area contributed by atoms with Gasteiger partial charge in [0, 0.05) is 63.7 Å². The summed E-state index contributed by atoms with van der Waals surface area (Å²) in [5.41, 5.74) is 2.47. The highest BCUT2D eigenvalue weighted by atomic mass is 16.5. The third kappa shape index (κ3) is 5.27. The van der Waals surface area contributed by atoms with Crippen molar-refractivity contribution in [2.75, 3.05) is 62.8 Å². The molecule has 6 rings (SSSR count). The van der Waals surface area contributed by atoms with Crippen molar-refractivity contribution in [1.29, 1.82) is 0 Å². The summed E-state index contributed by atoms with van der Waals surface area (Å²) in [5, 5.41) is 0. The van der Waals surface area contributed by atoms with Crippen LogP contribution in [-0.4, -0.2) is 92.1 Å². The van der Waals surface area contributed by atoms with Gasteiger partial charge in [-0.25, -0.2) is 0 Å². The number of imide groups is 1. The number of hydrogen-bond acceptors (Lipinski definition) is 7. The lowest BCUT2D eigenvalue weighted by atomic mass is 9.93. The van der Waals surface area contributed by atoms with Gasteiger partial charge in [0.1, 0.15) is 5.75 Å². The summed E-state index contributed by atoms with van der Waals surface area (Å²) in [6.45, 7) is 8.76. The lowest BCUT2D eigenvalue weighted by Crippen LogP contribution is -2.52. The third-order valence-electron chi connectivity index (χ3n) is 9.08. The van der Waals surface area contributed by atoms with E-state index in [0.29, 0.717) is 50.2 Å². The zero-order valence-corrected chi connectivity index (χ0v) is 24.3. The topological polar surface area (TPSA) is 82.6 Å². The molecule has 0 N–H and O–H groups in total. The van der Waals surface area contributed by atoms with Crippen LogP contribution in [0.4, 0.5) is 11.4 Å². The van der Waals surface area contributed by atoms with E-state index in [2.05, 4.69) is 15.9 Å². The maximum absolute atomic E-state index is 13.8. The molecule has 0 saturated carbocycles. The normalized spacial score (nSPS) is 24.5. The predicted molar refractivity (Wildman–Crippen MR) is 157 cm³/mol. The highest BCUT2D eigenvalue weighted by molar-refractivity contribution is 6.24. The Kier molecular flexibility index (Phi) is 7.40. The van der Waals surface area contributed by atoms with Crippen molar-refractivity contribution in [2.45, 2.75) is 51.2 Å². The maximum atomic E-state index is 13.8. The van der Waals surface area contributed by atoms with E-state index in [-0.39, 0.29) is 35.3 Å². The number of rotatable bonds is 5. The van der Waals surface area contributed by atoms with Gasteiger partial charge in [-0.3, -0.25) is 19.3 Å². The van der Waals surface area contributed by atoms with Crippen LogP contribution in [0.3, 0.4) is 0 Å². The van der Waals surface area contributed by atoms with E-state index in [9.17, 15) is 14.4 Å². The van der Waals surface area contributed by atoms with E-state index in [4.69, 9.17) is 9.47 Å². The summed E-state index contributed by atoms with van der Waals surface area (Å²) in [6.07, 6.45) is 2.97. The van der Waals surface area contributed by atoms with Crippen molar-refractivity contribution >= 4 is 29.1 Å². The highest BCUT2D eigenvalue weighted by Gasteiger charge is 2.45. The Morgan fingerprint density at radius 1 is 0.951 bits per heavy atom. The van der Waals surface area contributed by atoms with Gasteiger partial charge in [0.2, 0.25) is 5.91 Å². The largest absolute Gasteiger partial charge is 0.497 e. The van der Waals surface area contributed by atoms with Crippen molar-refractivity contribution < 1.29 is 23.9 Å². The summed E-state index contributed by atoms with van der Waals surface area (Å²) < 4.78 is 11.2. The van der Waals surface area contributed by atoms with Gasteiger partial charge in [0.05, 0.1) is 35.4 Å². The van der Waals surface area contributed by atoms with E-state index in [1.807, 2.05) is 49.1 Å². The summed E-state index contributed by atoms with van der Waals surface area (Å²) in [6, 6.07) is 13.4. The SMILES string of the molecule is COc1cccc(N2CCN(C(=O)[C@@H]3CCCN(c4cccc5c4C(=O)N([C@H]4CCOC(C)(C)C4)C5=O)C3)CC2)c1. The smallest absolute Gasteiger partial charge is 0.263 e. The first kappa shape index (κ1) is 27.6. The number of nitrogens with zero attached hydrogens (tertiary/aromatic N) is 4. The molecule has 4 aliphatic rings. The number of piperazine rings is 1. The molecule has 0 bridgehead atoms. The van der Waals surface area contributed by atoms with Crippen LogP contribution < -0.4 is 14.5 Å². The van der Waals surface area contributed by atoms with Gasteiger partial charge in [0.15, 0.2) is 0 Å². The molecule has 9 heteroatoms. The molecule has 41 heavy (non-hydrogen) atoms. The van der Waals surface area contributed by atoms with Crippen LogP contribution in [-0.2, 0) is 9.53 Å². The molecule has 3 amide bonds. The first-order chi connectivity index (χ1) is 19.8. The zero-order valence-electron chi connectivity index (χ0n) is 24.3. The van der Waals surface area contributed by atoms with Gasteiger partial charge < -0.3 is 24.2 Å². The first-order valence-corrected chi connectivity index (χ1v) is 14.8. The number of benzene rings is 2. The van der Waals surface area contributed by atoms with Crippen LogP contribution >= 0.6 is 0 Å². The van der Waals surface area contributed by atoms with Crippen LogP contribution in [0.15, 0.2) is 42.5 Å². The number of carbonyl (C=O) groups excluding carboxylic acids is 3. The van der Waals surface area contributed by atoms with Crippen molar-refractivity contribution in [3.8, 4) is 5.75 Å².